The molecule has 1 aromatic carbocycles. The summed E-state index contributed by atoms with van der Waals surface area (Å²) in [7, 11) is 0. The lowest BCUT2D eigenvalue weighted by Gasteiger charge is -2.24. The average molecular weight is 332 g/mol. The van der Waals surface area contributed by atoms with Gasteiger partial charge in [-0.2, -0.15) is 0 Å². The number of amides is 1. The van der Waals surface area contributed by atoms with Crippen molar-refractivity contribution in [3.63, 3.8) is 0 Å². The van der Waals surface area contributed by atoms with Crippen molar-refractivity contribution in [3.8, 4) is 11.1 Å². The van der Waals surface area contributed by atoms with Gasteiger partial charge in [0.2, 0.25) is 5.91 Å². The van der Waals surface area contributed by atoms with Gasteiger partial charge in [-0.3, -0.25) is 9.78 Å². The Hall–Kier alpha value is -1.91. The Morgan fingerprint density at radius 3 is 2.65 bits per heavy atom. The van der Waals surface area contributed by atoms with E-state index in [0.29, 0.717) is 12.6 Å². The van der Waals surface area contributed by atoms with Crippen LogP contribution in [-0.4, -0.2) is 27.9 Å². The van der Waals surface area contributed by atoms with Gasteiger partial charge in [0, 0.05) is 25.0 Å². The molecule has 23 heavy (non-hydrogen) atoms. The second-order valence-electron chi connectivity index (χ2n) is 5.93. The molecule has 2 aromatic rings. The lowest BCUT2D eigenvalue weighted by Crippen LogP contribution is -2.42. The summed E-state index contributed by atoms with van der Waals surface area (Å²) < 4.78 is 0. The Balaban J connectivity index is 0.00000192. The Morgan fingerprint density at radius 1 is 1.30 bits per heavy atom. The highest BCUT2D eigenvalue weighted by molar-refractivity contribution is 5.85. The lowest BCUT2D eigenvalue weighted by atomic mass is 10.0. The minimum Gasteiger partial charge on any atom is -0.334 e. The maximum Gasteiger partial charge on any atom is 0.239 e. The molecule has 1 aliphatic carbocycles. The van der Waals surface area contributed by atoms with Crippen LogP contribution in [0.2, 0.25) is 0 Å². The molecule has 0 radical (unpaired) electrons. The molecule has 122 valence electrons. The summed E-state index contributed by atoms with van der Waals surface area (Å²) in [6.07, 6.45) is 5.79. The van der Waals surface area contributed by atoms with E-state index < -0.39 is 6.04 Å². The van der Waals surface area contributed by atoms with Gasteiger partial charge in [0.05, 0.1) is 6.04 Å². The van der Waals surface area contributed by atoms with Crippen LogP contribution in [0.1, 0.15) is 25.3 Å². The molecule has 1 aliphatic rings. The van der Waals surface area contributed by atoms with E-state index in [0.717, 1.165) is 29.5 Å². The first kappa shape index (κ1) is 17.4. The number of carbonyl (C=O) groups is 1. The van der Waals surface area contributed by atoms with E-state index in [9.17, 15) is 4.79 Å². The number of carbonyl (C=O) groups excluding carboxylic acids is 1. The van der Waals surface area contributed by atoms with Crippen LogP contribution in [0.25, 0.3) is 11.1 Å². The highest BCUT2D eigenvalue weighted by Gasteiger charge is 2.33. The summed E-state index contributed by atoms with van der Waals surface area (Å²) in [5.74, 6) is 0.0364. The van der Waals surface area contributed by atoms with Crippen LogP contribution in [0.5, 0.6) is 0 Å². The van der Waals surface area contributed by atoms with E-state index in [1.165, 1.54) is 0 Å². The fourth-order valence-corrected chi connectivity index (χ4v) is 2.61. The third-order valence-corrected chi connectivity index (χ3v) is 3.94. The van der Waals surface area contributed by atoms with Crippen LogP contribution >= 0.6 is 12.4 Å². The fourth-order valence-electron chi connectivity index (χ4n) is 2.61. The third kappa shape index (κ3) is 4.30. The van der Waals surface area contributed by atoms with Gasteiger partial charge in [0.1, 0.15) is 0 Å². The molecule has 0 aliphatic heterocycles. The zero-order valence-electron chi connectivity index (χ0n) is 13.2. The van der Waals surface area contributed by atoms with E-state index in [4.69, 9.17) is 5.73 Å². The Kier molecular flexibility index (Phi) is 5.74. The van der Waals surface area contributed by atoms with Gasteiger partial charge in [-0.05, 0) is 48.6 Å². The van der Waals surface area contributed by atoms with Crippen molar-refractivity contribution in [1.29, 1.82) is 0 Å². The molecule has 0 unspecified atom stereocenters. The summed E-state index contributed by atoms with van der Waals surface area (Å²) >= 11 is 0. The maximum atomic E-state index is 12.3. The first-order chi connectivity index (χ1) is 10.6. The molecule has 0 spiro atoms. The number of halogens is 1. The Morgan fingerprint density at radius 2 is 2.04 bits per heavy atom. The van der Waals surface area contributed by atoms with E-state index in [1.54, 1.807) is 13.1 Å². The largest absolute Gasteiger partial charge is 0.334 e. The SMILES string of the molecule is C[C@@H](N)C(=O)N(Cc1cccc(-c2cccnc2)c1)C1CC1.Cl. The fraction of sp³-hybridized carbons (Fsp3) is 0.333. The predicted octanol–water partition coefficient (Wildman–Crippen LogP) is 3.01. The minimum atomic E-state index is -0.442. The first-order valence-electron chi connectivity index (χ1n) is 7.70. The van der Waals surface area contributed by atoms with Crippen LogP contribution in [0.15, 0.2) is 48.8 Å². The van der Waals surface area contributed by atoms with Crippen LogP contribution in [0.4, 0.5) is 0 Å². The molecular weight excluding hydrogens is 310 g/mol. The standard InChI is InChI=1S/C18H21N3O.ClH/c1-13(19)18(22)21(17-7-8-17)12-14-4-2-5-15(10-14)16-6-3-9-20-11-16;/h2-6,9-11,13,17H,7-8,12,19H2,1H3;1H/t13-;/m1./s1. The number of aromatic nitrogens is 1. The van der Waals surface area contributed by atoms with Gasteiger partial charge in [-0.15, -0.1) is 12.4 Å². The number of benzene rings is 1. The quantitative estimate of drug-likeness (QED) is 0.916. The van der Waals surface area contributed by atoms with Gasteiger partial charge >= 0.3 is 0 Å². The van der Waals surface area contributed by atoms with E-state index >= 15 is 0 Å². The molecule has 1 amide bonds. The van der Waals surface area contributed by atoms with Crippen molar-refractivity contribution in [2.75, 3.05) is 0 Å². The van der Waals surface area contributed by atoms with Crippen molar-refractivity contribution in [1.82, 2.24) is 9.88 Å². The molecule has 0 saturated heterocycles. The molecule has 5 heteroatoms. The smallest absolute Gasteiger partial charge is 0.239 e. The molecule has 0 bridgehead atoms. The second-order valence-corrected chi connectivity index (χ2v) is 5.93. The molecule has 4 nitrogen and oxygen atoms in total. The first-order valence-corrected chi connectivity index (χ1v) is 7.70. The number of pyridine rings is 1. The van der Waals surface area contributed by atoms with Gasteiger partial charge in [-0.1, -0.05) is 24.3 Å². The molecule has 1 heterocycles. The van der Waals surface area contributed by atoms with Crippen molar-refractivity contribution in [2.24, 2.45) is 5.73 Å². The van der Waals surface area contributed by atoms with Crippen molar-refractivity contribution in [2.45, 2.75) is 38.4 Å². The van der Waals surface area contributed by atoms with Crippen molar-refractivity contribution < 1.29 is 4.79 Å². The highest BCUT2D eigenvalue weighted by atomic mass is 35.5. The van der Waals surface area contributed by atoms with Crippen LogP contribution in [0, 0.1) is 0 Å². The van der Waals surface area contributed by atoms with E-state index in [2.05, 4.69) is 23.2 Å². The molecule has 1 aromatic heterocycles. The van der Waals surface area contributed by atoms with Crippen molar-refractivity contribution >= 4 is 18.3 Å². The Labute approximate surface area is 143 Å². The number of hydrogen-bond donors (Lipinski definition) is 1. The molecule has 2 N–H and O–H groups in total. The average Bonchev–Trinajstić information content (AvgIpc) is 3.38. The zero-order valence-corrected chi connectivity index (χ0v) is 14.0. The number of rotatable bonds is 5. The predicted molar refractivity (Wildman–Crippen MR) is 94.1 cm³/mol. The van der Waals surface area contributed by atoms with Crippen LogP contribution in [0.3, 0.4) is 0 Å². The van der Waals surface area contributed by atoms with Gasteiger partial charge in [0.25, 0.3) is 0 Å². The second kappa shape index (κ2) is 7.57. The monoisotopic (exact) mass is 331 g/mol. The number of hydrogen-bond acceptors (Lipinski definition) is 3. The van der Waals surface area contributed by atoms with Crippen LogP contribution < -0.4 is 5.73 Å². The Bertz CT molecular complexity index is 656. The number of nitrogens with two attached hydrogens (primary N) is 1. The summed E-state index contributed by atoms with van der Waals surface area (Å²) in [6.45, 7) is 2.38. The molecule has 3 rings (SSSR count). The van der Waals surface area contributed by atoms with Crippen molar-refractivity contribution in [3.05, 3.63) is 54.4 Å². The van der Waals surface area contributed by atoms with Crippen LogP contribution in [-0.2, 0) is 11.3 Å². The van der Waals surface area contributed by atoms with Gasteiger partial charge < -0.3 is 10.6 Å². The summed E-state index contributed by atoms with van der Waals surface area (Å²) in [4.78, 5) is 18.4. The van der Waals surface area contributed by atoms with E-state index in [-0.39, 0.29) is 18.3 Å². The third-order valence-electron chi connectivity index (χ3n) is 3.94. The normalized spacial score (nSPS) is 14.7. The summed E-state index contributed by atoms with van der Waals surface area (Å²) in [6, 6.07) is 12.2. The van der Waals surface area contributed by atoms with Gasteiger partial charge in [0.15, 0.2) is 0 Å². The molecule has 1 fully saturated rings. The molecular formula is C18H22ClN3O. The maximum absolute atomic E-state index is 12.3. The summed E-state index contributed by atoms with van der Waals surface area (Å²) in [5, 5.41) is 0. The zero-order chi connectivity index (χ0) is 15.5. The lowest BCUT2D eigenvalue weighted by molar-refractivity contribution is -0.133. The summed E-state index contributed by atoms with van der Waals surface area (Å²) in [5.41, 5.74) is 9.11. The van der Waals surface area contributed by atoms with Gasteiger partial charge in [-0.25, -0.2) is 0 Å². The highest BCUT2D eigenvalue weighted by Crippen LogP contribution is 2.29. The van der Waals surface area contributed by atoms with E-state index in [1.807, 2.05) is 29.3 Å². The topological polar surface area (TPSA) is 59.2 Å². The molecule has 1 atom stereocenters. The molecule has 1 saturated carbocycles. The minimum absolute atomic E-state index is 0. The number of nitrogens with zero attached hydrogens (tertiary/aromatic N) is 2.